The summed E-state index contributed by atoms with van der Waals surface area (Å²) in [7, 11) is 0. The first-order chi connectivity index (χ1) is 6.47. The van der Waals surface area contributed by atoms with Gasteiger partial charge in [-0.2, -0.15) is 0 Å². The number of hydrogen-bond acceptors (Lipinski definition) is 1. The highest BCUT2D eigenvalue weighted by atomic mass is 15.1. The van der Waals surface area contributed by atoms with Crippen molar-refractivity contribution in [1.82, 2.24) is 4.90 Å². The lowest BCUT2D eigenvalue weighted by Gasteiger charge is -2.29. The number of likely N-dealkylation sites (tertiary alicyclic amines) is 1. The minimum Gasteiger partial charge on any atom is -0.372 e. The molecule has 0 aromatic heterocycles. The standard InChI is InChI=1S/C12H17N/c1-2-5-9-12(8-4-1)13-10-6-3-7-11-13/h1,4-5,8-9H,2-3,6-7,10-11H2. The van der Waals surface area contributed by atoms with Crippen LogP contribution in [0.2, 0.25) is 0 Å². The smallest absolute Gasteiger partial charge is 0.0362 e. The maximum atomic E-state index is 2.50. The molecule has 2 aliphatic rings. The van der Waals surface area contributed by atoms with Gasteiger partial charge in [0.05, 0.1) is 0 Å². The molecule has 1 nitrogen and oxygen atoms in total. The molecule has 0 spiro atoms. The summed E-state index contributed by atoms with van der Waals surface area (Å²) in [5.41, 5.74) is 1.40. The van der Waals surface area contributed by atoms with Crippen LogP contribution in [0.25, 0.3) is 0 Å². The number of allylic oxidation sites excluding steroid dienone is 5. The van der Waals surface area contributed by atoms with Gasteiger partial charge in [0, 0.05) is 18.8 Å². The van der Waals surface area contributed by atoms with Gasteiger partial charge in [0.15, 0.2) is 0 Å². The minimum absolute atomic E-state index is 1.08. The molecule has 0 N–H and O–H groups in total. The van der Waals surface area contributed by atoms with E-state index in [0.717, 1.165) is 6.42 Å². The molecule has 2 rings (SSSR count). The Hall–Kier alpha value is -0.980. The Morgan fingerprint density at radius 1 is 1.00 bits per heavy atom. The Morgan fingerprint density at radius 2 is 1.85 bits per heavy atom. The molecule has 1 heterocycles. The second-order valence-electron chi connectivity index (χ2n) is 3.71. The molecule has 0 saturated carbocycles. The van der Waals surface area contributed by atoms with Crippen LogP contribution in [-0.2, 0) is 0 Å². The van der Waals surface area contributed by atoms with Crippen LogP contribution in [0, 0.1) is 0 Å². The molecule has 0 aromatic rings. The Kier molecular flexibility index (Phi) is 2.86. The van der Waals surface area contributed by atoms with E-state index in [2.05, 4.69) is 35.3 Å². The van der Waals surface area contributed by atoms with E-state index < -0.39 is 0 Å². The maximum absolute atomic E-state index is 2.50. The molecule has 0 radical (unpaired) electrons. The van der Waals surface area contributed by atoms with E-state index in [1.165, 1.54) is 38.0 Å². The molecule has 13 heavy (non-hydrogen) atoms. The largest absolute Gasteiger partial charge is 0.372 e. The van der Waals surface area contributed by atoms with Crippen molar-refractivity contribution < 1.29 is 0 Å². The molecule has 0 bridgehead atoms. The summed E-state index contributed by atoms with van der Waals surface area (Å²) in [6.45, 7) is 2.48. The molecule has 1 fully saturated rings. The van der Waals surface area contributed by atoms with Crippen LogP contribution in [0.4, 0.5) is 0 Å². The summed E-state index contributed by atoms with van der Waals surface area (Å²) < 4.78 is 0. The van der Waals surface area contributed by atoms with Crippen LogP contribution in [0.15, 0.2) is 36.1 Å². The molecule has 1 aliphatic heterocycles. The Labute approximate surface area is 80.4 Å². The molecule has 1 saturated heterocycles. The van der Waals surface area contributed by atoms with E-state index in [0.29, 0.717) is 0 Å². The van der Waals surface area contributed by atoms with Crippen LogP contribution in [0.5, 0.6) is 0 Å². The van der Waals surface area contributed by atoms with Gasteiger partial charge in [0.25, 0.3) is 0 Å². The van der Waals surface area contributed by atoms with E-state index in [4.69, 9.17) is 0 Å². The second kappa shape index (κ2) is 4.31. The summed E-state index contributed by atoms with van der Waals surface area (Å²) in [6, 6.07) is 0. The third-order valence-corrected chi connectivity index (χ3v) is 2.69. The van der Waals surface area contributed by atoms with Crippen molar-refractivity contribution in [2.45, 2.75) is 25.7 Å². The lowest BCUT2D eigenvalue weighted by atomic mass is 10.1. The quantitative estimate of drug-likeness (QED) is 0.592. The fourth-order valence-electron chi connectivity index (χ4n) is 1.93. The van der Waals surface area contributed by atoms with Gasteiger partial charge in [0.1, 0.15) is 0 Å². The number of rotatable bonds is 1. The predicted octanol–water partition coefficient (Wildman–Crippen LogP) is 2.87. The highest BCUT2D eigenvalue weighted by Crippen LogP contribution is 2.17. The van der Waals surface area contributed by atoms with Gasteiger partial charge >= 0.3 is 0 Å². The van der Waals surface area contributed by atoms with Crippen LogP contribution >= 0.6 is 0 Å². The van der Waals surface area contributed by atoms with Crippen LogP contribution in [0.1, 0.15) is 25.7 Å². The van der Waals surface area contributed by atoms with Crippen LogP contribution in [0.3, 0.4) is 0 Å². The molecule has 1 aliphatic carbocycles. The average molecular weight is 175 g/mol. The second-order valence-corrected chi connectivity index (χ2v) is 3.71. The van der Waals surface area contributed by atoms with E-state index in [9.17, 15) is 0 Å². The van der Waals surface area contributed by atoms with Gasteiger partial charge in [-0.25, -0.2) is 0 Å². The molecular formula is C12H17N. The monoisotopic (exact) mass is 175 g/mol. The zero-order chi connectivity index (χ0) is 8.93. The van der Waals surface area contributed by atoms with Crippen molar-refractivity contribution in [2.24, 2.45) is 0 Å². The number of piperidine rings is 1. The van der Waals surface area contributed by atoms with Gasteiger partial charge in [-0.15, -0.1) is 0 Å². The van der Waals surface area contributed by atoms with Crippen molar-refractivity contribution in [2.75, 3.05) is 13.1 Å². The van der Waals surface area contributed by atoms with Crippen molar-refractivity contribution in [1.29, 1.82) is 0 Å². The number of nitrogens with zero attached hydrogens (tertiary/aromatic N) is 1. The molecule has 0 aromatic carbocycles. The van der Waals surface area contributed by atoms with Gasteiger partial charge in [0.2, 0.25) is 0 Å². The summed E-state index contributed by atoms with van der Waals surface area (Å²) in [5.74, 6) is 0. The molecule has 0 atom stereocenters. The Bertz CT molecular complexity index is 242. The first-order valence-electron chi connectivity index (χ1n) is 5.25. The molecular weight excluding hydrogens is 158 g/mol. The van der Waals surface area contributed by atoms with Gasteiger partial charge in [-0.1, -0.05) is 18.2 Å². The first-order valence-corrected chi connectivity index (χ1v) is 5.25. The zero-order valence-electron chi connectivity index (χ0n) is 8.08. The Morgan fingerprint density at radius 3 is 2.69 bits per heavy atom. The molecule has 70 valence electrons. The summed E-state index contributed by atoms with van der Waals surface area (Å²) >= 11 is 0. The summed E-state index contributed by atoms with van der Waals surface area (Å²) in [5, 5.41) is 0. The topological polar surface area (TPSA) is 3.24 Å². The van der Waals surface area contributed by atoms with Crippen molar-refractivity contribution in [3.8, 4) is 0 Å². The zero-order valence-corrected chi connectivity index (χ0v) is 8.08. The van der Waals surface area contributed by atoms with Crippen molar-refractivity contribution >= 4 is 0 Å². The van der Waals surface area contributed by atoms with Crippen molar-refractivity contribution in [3.05, 3.63) is 36.1 Å². The average Bonchev–Trinajstić information content (AvgIpc) is 2.47. The normalized spacial score (nSPS) is 22.8. The fourth-order valence-corrected chi connectivity index (χ4v) is 1.93. The fraction of sp³-hybridized carbons (Fsp3) is 0.500. The Balaban J connectivity index is 2.05. The third kappa shape index (κ3) is 2.24. The van der Waals surface area contributed by atoms with Gasteiger partial charge < -0.3 is 4.90 Å². The van der Waals surface area contributed by atoms with E-state index in [1.807, 2.05) is 0 Å². The highest BCUT2D eigenvalue weighted by Gasteiger charge is 2.10. The van der Waals surface area contributed by atoms with E-state index in [1.54, 1.807) is 0 Å². The van der Waals surface area contributed by atoms with Crippen molar-refractivity contribution in [3.63, 3.8) is 0 Å². The van der Waals surface area contributed by atoms with E-state index >= 15 is 0 Å². The lowest BCUT2D eigenvalue weighted by Crippen LogP contribution is -2.28. The van der Waals surface area contributed by atoms with E-state index in [-0.39, 0.29) is 0 Å². The predicted molar refractivity (Wildman–Crippen MR) is 56.4 cm³/mol. The lowest BCUT2D eigenvalue weighted by molar-refractivity contribution is 0.293. The maximum Gasteiger partial charge on any atom is 0.0362 e. The van der Waals surface area contributed by atoms with Crippen LogP contribution in [-0.4, -0.2) is 18.0 Å². The summed E-state index contributed by atoms with van der Waals surface area (Å²) in [6.07, 6.45) is 16.3. The summed E-state index contributed by atoms with van der Waals surface area (Å²) in [4.78, 5) is 2.50. The van der Waals surface area contributed by atoms with Crippen LogP contribution < -0.4 is 0 Å². The highest BCUT2D eigenvalue weighted by molar-refractivity contribution is 5.26. The number of hydrogen-bond donors (Lipinski definition) is 0. The molecule has 1 heteroatoms. The molecule has 0 amide bonds. The first kappa shape index (κ1) is 8.61. The SMILES string of the molecule is C1=CCC=CC(N2CCCCC2)=C1. The van der Waals surface area contributed by atoms with Gasteiger partial charge in [-0.05, 0) is 37.8 Å². The molecule has 0 unspecified atom stereocenters. The van der Waals surface area contributed by atoms with Gasteiger partial charge in [-0.3, -0.25) is 0 Å². The minimum atomic E-state index is 1.08. The third-order valence-electron chi connectivity index (χ3n) is 2.69.